The van der Waals surface area contributed by atoms with E-state index in [4.69, 9.17) is 0 Å². The summed E-state index contributed by atoms with van der Waals surface area (Å²) in [7, 11) is 3.24. The van der Waals surface area contributed by atoms with Gasteiger partial charge in [0.2, 0.25) is 11.8 Å². The fourth-order valence-electron chi connectivity index (χ4n) is 4.66. The topological polar surface area (TPSA) is 130 Å². The molecule has 0 aliphatic carbocycles. The molecule has 0 heterocycles. The summed E-state index contributed by atoms with van der Waals surface area (Å²) in [5, 5.41) is 5.21. The van der Waals surface area contributed by atoms with E-state index >= 15 is 0 Å². The number of nitrogens with one attached hydrogen (secondary N) is 2. The van der Waals surface area contributed by atoms with Crippen molar-refractivity contribution in [3.8, 4) is 0 Å². The van der Waals surface area contributed by atoms with Gasteiger partial charge in [0.25, 0.3) is 0 Å². The Morgan fingerprint density at radius 3 is 1.02 bits per heavy atom. The molecule has 0 spiro atoms. The van der Waals surface area contributed by atoms with Crippen LogP contribution in [0, 0.1) is 5.41 Å². The van der Waals surface area contributed by atoms with Gasteiger partial charge in [-0.3, -0.25) is 33.7 Å². The average molecular weight is 594 g/mol. The summed E-state index contributed by atoms with van der Waals surface area (Å²) in [5.41, 5.74) is -0.312. The van der Waals surface area contributed by atoms with Gasteiger partial charge >= 0.3 is 0 Å². The molecular formula is C33H59N3O6. The number of rotatable bonds is 27. The molecule has 0 radical (unpaired) electrons. The average Bonchev–Trinajstić information content (AvgIpc) is 2.93. The van der Waals surface area contributed by atoms with Crippen molar-refractivity contribution in [3.05, 3.63) is 0 Å². The molecule has 0 fully saturated rings. The van der Waals surface area contributed by atoms with Gasteiger partial charge in [-0.15, -0.1) is 0 Å². The molecule has 2 N–H and O–H groups in total. The highest BCUT2D eigenvalue weighted by atomic mass is 16.2. The van der Waals surface area contributed by atoms with Gasteiger partial charge in [0.1, 0.15) is 23.1 Å². The normalized spacial score (nSPS) is 11.4. The van der Waals surface area contributed by atoms with E-state index < -0.39 is 0 Å². The third-order valence-corrected chi connectivity index (χ3v) is 7.42. The number of hydrogen-bond donors (Lipinski definition) is 2. The minimum absolute atomic E-state index is 0.0237. The van der Waals surface area contributed by atoms with Gasteiger partial charge in [0, 0.05) is 58.0 Å². The van der Waals surface area contributed by atoms with Crippen molar-refractivity contribution in [2.45, 2.75) is 136 Å². The fourth-order valence-corrected chi connectivity index (χ4v) is 4.66. The first-order valence-corrected chi connectivity index (χ1v) is 16.1. The SMILES string of the molecule is CNC(=O)CCCCCCC(=O)CN(CC(=O)CCCCCCC(=O)NC)CC(=O)CCCCCCC(=O)C(C)(C)C. The van der Waals surface area contributed by atoms with Crippen molar-refractivity contribution in [2.75, 3.05) is 33.7 Å². The molecule has 0 unspecified atom stereocenters. The second-order valence-electron chi connectivity index (χ2n) is 12.5. The van der Waals surface area contributed by atoms with Crippen LogP contribution in [-0.2, 0) is 28.8 Å². The smallest absolute Gasteiger partial charge is 0.219 e. The van der Waals surface area contributed by atoms with Crippen LogP contribution in [0.2, 0.25) is 0 Å². The first-order valence-electron chi connectivity index (χ1n) is 16.1. The number of ketones is 4. The molecule has 9 heteroatoms. The Balaban J connectivity index is 4.58. The number of carbonyl (C=O) groups excluding carboxylic acids is 6. The van der Waals surface area contributed by atoms with Gasteiger partial charge < -0.3 is 10.6 Å². The molecular weight excluding hydrogens is 534 g/mol. The lowest BCUT2D eigenvalue weighted by Crippen LogP contribution is -2.38. The zero-order chi connectivity index (χ0) is 31.8. The highest BCUT2D eigenvalue weighted by Gasteiger charge is 2.20. The maximum absolute atomic E-state index is 12.7. The van der Waals surface area contributed by atoms with E-state index in [1.807, 2.05) is 20.8 Å². The Labute approximate surface area is 254 Å². The molecule has 0 saturated carbocycles. The van der Waals surface area contributed by atoms with Crippen LogP contribution in [0.25, 0.3) is 0 Å². The monoisotopic (exact) mass is 593 g/mol. The molecule has 42 heavy (non-hydrogen) atoms. The number of Topliss-reactive ketones (excluding diaryl/α,β-unsaturated/α-hetero) is 4. The van der Waals surface area contributed by atoms with Gasteiger partial charge in [-0.05, 0) is 38.5 Å². The molecule has 242 valence electrons. The molecule has 0 aromatic rings. The van der Waals surface area contributed by atoms with Crippen LogP contribution in [0.15, 0.2) is 0 Å². The van der Waals surface area contributed by atoms with E-state index in [1.54, 1.807) is 19.0 Å². The zero-order valence-electron chi connectivity index (χ0n) is 27.2. The summed E-state index contributed by atoms with van der Waals surface area (Å²) in [5.74, 6) is 0.395. The maximum Gasteiger partial charge on any atom is 0.219 e. The van der Waals surface area contributed by atoms with E-state index in [9.17, 15) is 28.8 Å². The summed E-state index contributed by atoms with van der Waals surface area (Å²) < 4.78 is 0. The van der Waals surface area contributed by atoms with Crippen LogP contribution in [-0.4, -0.2) is 73.6 Å². The molecule has 0 aliphatic rings. The highest BCUT2D eigenvalue weighted by molar-refractivity contribution is 5.86. The zero-order valence-corrected chi connectivity index (χ0v) is 27.2. The lowest BCUT2D eigenvalue weighted by molar-refractivity contribution is -0.127. The van der Waals surface area contributed by atoms with Crippen molar-refractivity contribution < 1.29 is 28.8 Å². The van der Waals surface area contributed by atoms with Crippen molar-refractivity contribution in [1.82, 2.24) is 15.5 Å². The van der Waals surface area contributed by atoms with E-state index in [2.05, 4.69) is 10.6 Å². The number of amides is 2. The van der Waals surface area contributed by atoms with Gasteiger partial charge in [-0.2, -0.15) is 0 Å². The third kappa shape index (κ3) is 23.2. The van der Waals surface area contributed by atoms with Crippen LogP contribution < -0.4 is 10.6 Å². The summed E-state index contributed by atoms with van der Waals surface area (Å²) in [6.07, 6.45) is 12.7. The molecule has 9 nitrogen and oxygen atoms in total. The maximum atomic E-state index is 12.7. The van der Waals surface area contributed by atoms with Crippen molar-refractivity contribution >= 4 is 34.9 Å². The number of nitrogens with zero attached hydrogens (tertiary/aromatic N) is 1. The highest BCUT2D eigenvalue weighted by Crippen LogP contribution is 2.19. The van der Waals surface area contributed by atoms with Crippen molar-refractivity contribution in [2.24, 2.45) is 5.41 Å². The van der Waals surface area contributed by atoms with Crippen LogP contribution in [0.4, 0.5) is 0 Å². The first-order chi connectivity index (χ1) is 19.9. The second-order valence-corrected chi connectivity index (χ2v) is 12.5. The van der Waals surface area contributed by atoms with Crippen molar-refractivity contribution in [1.29, 1.82) is 0 Å². The predicted molar refractivity (Wildman–Crippen MR) is 167 cm³/mol. The number of unbranched alkanes of at least 4 members (excludes halogenated alkanes) is 9. The molecule has 2 amide bonds. The van der Waals surface area contributed by atoms with Gasteiger partial charge in [-0.1, -0.05) is 59.3 Å². The Morgan fingerprint density at radius 2 is 0.738 bits per heavy atom. The Morgan fingerprint density at radius 1 is 0.452 bits per heavy atom. The largest absolute Gasteiger partial charge is 0.359 e. The first kappa shape index (κ1) is 39.6. The van der Waals surface area contributed by atoms with E-state index in [-0.39, 0.29) is 60.0 Å². The molecule has 0 rings (SSSR count). The Kier molecular flexibility index (Phi) is 22.7. The van der Waals surface area contributed by atoms with Crippen LogP contribution >= 0.6 is 0 Å². The Bertz CT molecular complexity index is 792. The van der Waals surface area contributed by atoms with Gasteiger partial charge in [-0.25, -0.2) is 0 Å². The minimum atomic E-state index is -0.312. The minimum Gasteiger partial charge on any atom is -0.359 e. The van der Waals surface area contributed by atoms with E-state index in [0.717, 1.165) is 77.0 Å². The van der Waals surface area contributed by atoms with E-state index in [1.165, 1.54) is 0 Å². The molecule has 0 aromatic carbocycles. The van der Waals surface area contributed by atoms with Crippen LogP contribution in [0.5, 0.6) is 0 Å². The Hall–Kier alpha value is -2.42. The summed E-state index contributed by atoms with van der Waals surface area (Å²) in [6, 6.07) is 0. The van der Waals surface area contributed by atoms with Gasteiger partial charge in [0.05, 0.1) is 19.6 Å². The molecule has 0 bridgehead atoms. The molecule has 0 atom stereocenters. The van der Waals surface area contributed by atoms with Crippen LogP contribution in [0.1, 0.15) is 136 Å². The lowest BCUT2D eigenvalue weighted by atomic mass is 9.88. The quantitative estimate of drug-likeness (QED) is 0.126. The molecule has 0 aromatic heterocycles. The standard InChI is InChI=1S/C33H59N3O6/c1-33(2,3)30(40)21-15-9-6-12-18-27(37)24-36(25-28(38)19-13-7-10-16-22-31(41)34-4)26-29(39)20-14-8-11-17-23-32(42)35-5/h6-26H2,1-5H3,(H,34,41)(H,35,42). The summed E-state index contributed by atoms with van der Waals surface area (Å²) in [4.78, 5) is 74.5. The second kappa shape index (κ2) is 24.1. The van der Waals surface area contributed by atoms with Crippen molar-refractivity contribution in [3.63, 3.8) is 0 Å². The lowest BCUT2D eigenvalue weighted by Gasteiger charge is -2.20. The van der Waals surface area contributed by atoms with E-state index in [0.29, 0.717) is 38.5 Å². The third-order valence-electron chi connectivity index (χ3n) is 7.42. The predicted octanol–water partition coefficient (Wildman–Crippen LogP) is 5.12. The molecule has 0 saturated heterocycles. The fraction of sp³-hybridized carbons (Fsp3) is 0.818. The number of carbonyl (C=O) groups is 6. The number of hydrogen-bond acceptors (Lipinski definition) is 7. The summed E-state index contributed by atoms with van der Waals surface area (Å²) in [6.45, 7) is 6.08. The molecule has 0 aliphatic heterocycles. The summed E-state index contributed by atoms with van der Waals surface area (Å²) >= 11 is 0. The van der Waals surface area contributed by atoms with Crippen LogP contribution in [0.3, 0.4) is 0 Å². The van der Waals surface area contributed by atoms with Gasteiger partial charge in [0.15, 0.2) is 0 Å².